The highest BCUT2D eigenvalue weighted by Gasteiger charge is 2.38. The lowest BCUT2D eigenvalue weighted by atomic mass is 9.87. The van der Waals surface area contributed by atoms with Crippen LogP contribution in [0.3, 0.4) is 0 Å². The average molecular weight is 222 g/mol. The molecule has 1 aliphatic heterocycles. The Morgan fingerprint density at radius 1 is 1.40 bits per heavy atom. The standard InChI is InChI=1S/C13H18OS/c1-9-4-5-12(10(2)6-9)13(14)7-11(3)15-8-13/h4-6,11,14H,7-8H2,1-3H3. The summed E-state index contributed by atoms with van der Waals surface area (Å²) in [4.78, 5) is 0. The van der Waals surface area contributed by atoms with E-state index in [9.17, 15) is 5.11 Å². The summed E-state index contributed by atoms with van der Waals surface area (Å²) in [7, 11) is 0. The van der Waals surface area contributed by atoms with Gasteiger partial charge in [-0.3, -0.25) is 0 Å². The lowest BCUT2D eigenvalue weighted by molar-refractivity contribution is 0.0606. The van der Waals surface area contributed by atoms with E-state index in [1.807, 2.05) is 11.8 Å². The second kappa shape index (κ2) is 3.84. The predicted molar refractivity (Wildman–Crippen MR) is 66.3 cm³/mol. The van der Waals surface area contributed by atoms with E-state index < -0.39 is 5.60 Å². The van der Waals surface area contributed by atoms with Crippen molar-refractivity contribution in [3.63, 3.8) is 0 Å². The van der Waals surface area contributed by atoms with Crippen LogP contribution in [0.1, 0.15) is 30.0 Å². The molecule has 2 heteroatoms. The molecule has 1 fully saturated rings. The van der Waals surface area contributed by atoms with Gasteiger partial charge < -0.3 is 5.11 Å². The molecule has 1 aromatic rings. The summed E-state index contributed by atoms with van der Waals surface area (Å²) >= 11 is 1.86. The van der Waals surface area contributed by atoms with E-state index in [1.54, 1.807) is 0 Å². The molecule has 15 heavy (non-hydrogen) atoms. The molecule has 82 valence electrons. The zero-order chi connectivity index (χ0) is 11.1. The second-order valence-corrected chi connectivity index (χ2v) is 6.10. The van der Waals surface area contributed by atoms with Crippen molar-refractivity contribution in [3.05, 3.63) is 34.9 Å². The van der Waals surface area contributed by atoms with E-state index in [2.05, 4.69) is 39.0 Å². The number of hydrogen-bond acceptors (Lipinski definition) is 2. The molecule has 0 bridgehead atoms. The molecule has 1 heterocycles. The highest BCUT2D eigenvalue weighted by molar-refractivity contribution is 8.00. The Morgan fingerprint density at radius 3 is 2.67 bits per heavy atom. The Labute approximate surface area is 95.9 Å². The third-order valence-corrected chi connectivity index (χ3v) is 4.49. The van der Waals surface area contributed by atoms with Crippen molar-refractivity contribution in [2.45, 2.75) is 38.0 Å². The number of benzene rings is 1. The van der Waals surface area contributed by atoms with Crippen LogP contribution in [0.25, 0.3) is 0 Å². The summed E-state index contributed by atoms with van der Waals surface area (Å²) in [6.45, 7) is 6.37. The van der Waals surface area contributed by atoms with E-state index in [0.717, 1.165) is 17.7 Å². The van der Waals surface area contributed by atoms with Gasteiger partial charge in [-0.1, -0.05) is 30.7 Å². The largest absolute Gasteiger partial charge is 0.384 e. The van der Waals surface area contributed by atoms with Crippen molar-refractivity contribution in [2.75, 3.05) is 5.75 Å². The number of aryl methyl sites for hydroxylation is 2. The van der Waals surface area contributed by atoms with Crippen LogP contribution in [0.15, 0.2) is 18.2 Å². The third-order valence-electron chi connectivity index (χ3n) is 3.12. The van der Waals surface area contributed by atoms with Gasteiger partial charge in [0.15, 0.2) is 0 Å². The second-order valence-electron chi connectivity index (χ2n) is 4.68. The van der Waals surface area contributed by atoms with Gasteiger partial charge in [0.05, 0.1) is 5.60 Å². The van der Waals surface area contributed by atoms with Gasteiger partial charge in [-0.2, -0.15) is 11.8 Å². The Hall–Kier alpha value is -0.470. The summed E-state index contributed by atoms with van der Waals surface area (Å²) in [6, 6.07) is 6.33. The van der Waals surface area contributed by atoms with Crippen LogP contribution in [0.2, 0.25) is 0 Å². The van der Waals surface area contributed by atoms with Gasteiger partial charge in [-0.25, -0.2) is 0 Å². The maximum atomic E-state index is 10.6. The molecule has 2 rings (SSSR count). The first-order valence-electron chi connectivity index (χ1n) is 5.43. The molecular formula is C13H18OS. The van der Waals surface area contributed by atoms with E-state index in [0.29, 0.717) is 5.25 Å². The van der Waals surface area contributed by atoms with Gasteiger partial charge in [-0.15, -0.1) is 0 Å². The highest BCUT2D eigenvalue weighted by atomic mass is 32.2. The summed E-state index contributed by atoms with van der Waals surface area (Å²) < 4.78 is 0. The van der Waals surface area contributed by atoms with Crippen LogP contribution in [-0.2, 0) is 5.60 Å². The molecule has 0 spiro atoms. The fraction of sp³-hybridized carbons (Fsp3) is 0.538. The molecule has 1 aromatic carbocycles. The van der Waals surface area contributed by atoms with Crippen molar-refractivity contribution in [3.8, 4) is 0 Å². The van der Waals surface area contributed by atoms with E-state index >= 15 is 0 Å². The summed E-state index contributed by atoms with van der Waals surface area (Å²) in [5.74, 6) is 0.831. The Bertz CT molecular complexity index is 375. The molecule has 1 nitrogen and oxygen atoms in total. The molecule has 1 N–H and O–H groups in total. The molecule has 1 aliphatic rings. The Balaban J connectivity index is 2.37. The minimum Gasteiger partial charge on any atom is -0.384 e. The molecule has 0 radical (unpaired) electrons. The lowest BCUT2D eigenvalue weighted by Crippen LogP contribution is -2.26. The van der Waals surface area contributed by atoms with Crippen LogP contribution < -0.4 is 0 Å². The van der Waals surface area contributed by atoms with Crippen LogP contribution in [0, 0.1) is 13.8 Å². The quantitative estimate of drug-likeness (QED) is 0.788. The van der Waals surface area contributed by atoms with Gasteiger partial charge in [0.25, 0.3) is 0 Å². The van der Waals surface area contributed by atoms with Gasteiger partial charge in [0, 0.05) is 11.0 Å². The monoisotopic (exact) mass is 222 g/mol. The lowest BCUT2D eigenvalue weighted by Gasteiger charge is -2.24. The van der Waals surface area contributed by atoms with E-state index in [1.165, 1.54) is 11.1 Å². The van der Waals surface area contributed by atoms with Crippen LogP contribution >= 0.6 is 11.8 Å². The summed E-state index contributed by atoms with van der Waals surface area (Å²) in [5.41, 5.74) is 3.00. The smallest absolute Gasteiger partial charge is 0.0999 e. The zero-order valence-corrected chi connectivity index (χ0v) is 10.4. The molecule has 2 unspecified atom stereocenters. The predicted octanol–water partition coefficient (Wildman–Crippen LogP) is 3.02. The van der Waals surface area contributed by atoms with Gasteiger partial charge in [0.1, 0.15) is 0 Å². The van der Waals surface area contributed by atoms with Crippen LogP contribution in [-0.4, -0.2) is 16.1 Å². The third kappa shape index (κ3) is 2.06. The molecular weight excluding hydrogens is 204 g/mol. The zero-order valence-electron chi connectivity index (χ0n) is 9.58. The van der Waals surface area contributed by atoms with Crippen LogP contribution in [0.5, 0.6) is 0 Å². The minimum absolute atomic E-state index is 0.565. The number of hydrogen-bond donors (Lipinski definition) is 1. The fourth-order valence-electron chi connectivity index (χ4n) is 2.40. The van der Waals surface area contributed by atoms with E-state index in [4.69, 9.17) is 0 Å². The molecule has 2 atom stereocenters. The van der Waals surface area contributed by atoms with Gasteiger partial charge >= 0.3 is 0 Å². The average Bonchev–Trinajstić information content (AvgIpc) is 2.46. The number of thioether (sulfide) groups is 1. The van der Waals surface area contributed by atoms with Gasteiger partial charge in [-0.05, 0) is 31.4 Å². The minimum atomic E-state index is -0.595. The summed E-state index contributed by atoms with van der Waals surface area (Å²) in [6.07, 6.45) is 0.877. The fourth-order valence-corrected chi connectivity index (χ4v) is 3.62. The topological polar surface area (TPSA) is 20.2 Å². The highest BCUT2D eigenvalue weighted by Crippen LogP contribution is 2.42. The first kappa shape index (κ1) is 11.0. The van der Waals surface area contributed by atoms with Gasteiger partial charge in [0.2, 0.25) is 0 Å². The first-order chi connectivity index (χ1) is 7.01. The van der Waals surface area contributed by atoms with Crippen molar-refractivity contribution >= 4 is 11.8 Å². The van der Waals surface area contributed by atoms with Crippen molar-refractivity contribution in [2.24, 2.45) is 0 Å². The van der Waals surface area contributed by atoms with Crippen molar-refractivity contribution in [1.29, 1.82) is 0 Å². The SMILES string of the molecule is Cc1ccc(C2(O)CSC(C)C2)c(C)c1. The summed E-state index contributed by atoms with van der Waals surface area (Å²) in [5, 5.41) is 11.1. The first-order valence-corrected chi connectivity index (χ1v) is 6.48. The number of aliphatic hydroxyl groups is 1. The van der Waals surface area contributed by atoms with Crippen LogP contribution in [0.4, 0.5) is 0 Å². The van der Waals surface area contributed by atoms with Crippen molar-refractivity contribution < 1.29 is 5.11 Å². The normalized spacial score (nSPS) is 30.8. The molecule has 0 aromatic heterocycles. The maximum Gasteiger partial charge on any atom is 0.0999 e. The van der Waals surface area contributed by atoms with Crippen molar-refractivity contribution in [1.82, 2.24) is 0 Å². The molecule has 0 aliphatic carbocycles. The Kier molecular flexibility index (Phi) is 2.82. The molecule has 0 amide bonds. The maximum absolute atomic E-state index is 10.6. The number of rotatable bonds is 1. The van der Waals surface area contributed by atoms with E-state index in [-0.39, 0.29) is 0 Å². The molecule has 1 saturated heterocycles. The molecule has 0 saturated carbocycles. The Morgan fingerprint density at radius 2 is 2.13 bits per heavy atom.